The molecule has 1 aliphatic carbocycles. The fourth-order valence-electron chi connectivity index (χ4n) is 3.79. The molecule has 3 heteroatoms. The molecule has 0 atom stereocenters. The van der Waals surface area contributed by atoms with Gasteiger partial charge in [0.25, 0.3) is 0 Å². The first-order valence-electron chi connectivity index (χ1n) is 9.34. The molecule has 2 aromatic rings. The largest absolute Gasteiger partial charge is 0.324 e. The van der Waals surface area contributed by atoms with Crippen molar-refractivity contribution in [1.82, 2.24) is 4.98 Å². The predicted octanol–water partition coefficient (Wildman–Crippen LogP) is 5.48. The van der Waals surface area contributed by atoms with Crippen molar-refractivity contribution in [1.29, 1.82) is 0 Å². The summed E-state index contributed by atoms with van der Waals surface area (Å²) in [6, 6.07) is 10.0. The number of unbranched alkanes of at least 4 members (excludes halogenated alkanes) is 1. The number of hydrogen-bond donors (Lipinski definition) is 1. The number of aryl methyl sites for hydroxylation is 1. The zero-order valence-electron chi connectivity index (χ0n) is 14.8. The SMILES string of the molecule is CCCCC1CCC(C(=O)Nc2cccc3ccc(C)nc23)CC1. The van der Waals surface area contributed by atoms with Crippen LogP contribution in [-0.2, 0) is 4.79 Å². The van der Waals surface area contributed by atoms with Crippen LogP contribution in [0.3, 0.4) is 0 Å². The molecule has 24 heavy (non-hydrogen) atoms. The van der Waals surface area contributed by atoms with Crippen molar-refractivity contribution in [3.63, 3.8) is 0 Å². The van der Waals surface area contributed by atoms with Crippen LogP contribution >= 0.6 is 0 Å². The van der Waals surface area contributed by atoms with E-state index in [2.05, 4.69) is 23.3 Å². The number of carbonyl (C=O) groups excluding carboxylic acids is 1. The molecule has 1 aromatic carbocycles. The molecule has 3 nitrogen and oxygen atoms in total. The monoisotopic (exact) mass is 324 g/mol. The summed E-state index contributed by atoms with van der Waals surface area (Å²) >= 11 is 0. The number of pyridine rings is 1. The van der Waals surface area contributed by atoms with E-state index in [9.17, 15) is 4.79 Å². The average Bonchev–Trinajstić information content (AvgIpc) is 2.61. The number of nitrogens with one attached hydrogen (secondary N) is 1. The van der Waals surface area contributed by atoms with Gasteiger partial charge in [-0.1, -0.05) is 44.4 Å². The predicted molar refractivity (Wildman–Crippen MR) is 100 cm³/mol. The summed E-state index contributed by atoms with van der Waals surface area (Å²) in [6.45, 7) is 4.23. The van der Waals surface area contributed by atoms with Gasteiger partial charge in [0.1, 0.15) is 0 Å². The van der Waals surface area contributed by atoms with E-state index in [0.717, 1.165) is 41.0 Å². The topological polar surface area (TPSA) is 42.0 Å². The third kappa shape index (κ3) is 3.95. The number of hydrogen-bond acceptors (Lipinski definition) is 2. The van der Waals surface area contributed by atoms with E-state index in [1.807, 2.05) is 31.2 Å². The lowest BCUT2D eigenvalue weighted by atomic mass is 9.79. The van der Waals surface area contributed by atoms with Crippen LogP contribution in [0, 0.1) is 18.8 Å². The van der Waals surface area contributed by atoms with Crippen molar-refractivity contribution in [2.24, 2.45) is 11.8 Å². The normalized spacial score (nSPS) is 20.9. The van der Waals surface area contributed by atoms with Gasteiger partial charge < -0.3 is 5.32 Å². The van der Waals surface area contributed by atoms with Gasteiger partial charge in [-0.3, -0.25) is 9.78 Å². The fraction of sp³-hybridized carbons (Fsp3) is 0.524. The highest BCUT2D eigenvalue weighted by molar-refractivity contribution is 6.01. The lowest BCUT2D eigenvalue weighted by Gasteiger charge is -2.27. The van der Waals surface area contributed by atoms with Gasteiger partial charge in [-0.2, -0.15) is 0 Å². The van der Waals surface area contributed by atoms with Crippen LogP contribution in [-0.4, -0.2) is 10.9 Å². The maximum Gasteiger partial charge on any atom is 0.227 e. The van der Waals surface area contributed by atoms with Crippen molar-refractivity contribution in [2.45, 2.75) is 58.8 Å². The summed E-state index contributed by atoms with van der Waals surface area (Å²) in [5.41, 5.74) is 2.71. The minimum Gasteiger partial charge on any atom is -0.324 e. The van der Waals surface area contributed by atoms with Gasteiger partial charge >= 0.3 is 0 Å². The lowest BCUT2D eigenvalue weighted by molar-refractivity contribution is -0.121. The quantitative estimate of drug-likeness (QED) is 0.791. The first-order valence-corrected chi connectivity index (χ1v) is 9.34. The Morgan fingerprint density at radius 3 is 2.71 bits per heavy atom. The highest BCUT2D eigenvalue weighted by atomic mass is 16.1. The van der Waals surface area contributed by atoms with E-state index in [4.69, 9.17) is 0 Å². The molecule has 0 aliphatic heterocycles. The fourth-order valence-corrected chi connectivity index (χ4v) is 3.79. The Morgan fingerprint density at radius 2 is 1.96 bits per heavy atom. The molecule has 0 radical (unpaired) electrons. The van der Waals surface area contributed by atoms with Crippen LogP contribution in [0.25, 0.3) is 10.9 Å². The average molecular weight is 324 g/mol. The second-order valence-corrected chi connectivity index (χ2v) is 7.18. The molecule has 1 N–H and O–H groups in total. The molecule has 0 unspecified atom stereocenters. The van der Waals surface area contributed by atoms with Gasteiger partial charge in [0.05, 0.1) is 11.2 Å². The third-order valence-electron chi connectivity index (χ3n) is 5.30. The smallest absolute Gasteiger partial charge is 0.227 e. The summed E-state index contributed by atoms with van der Waals surface area (Å²) in [4.78, 5) is 17.3. The molecular weight excluding hydrogens is 296 g/mol. The van der Waals surface area contributed by atoms with E-state index < -0.39 is 0 Å². The van der Waals surface area contributed by atoms with Gasteiger partial charge in [-0.15, -0.1) is 0 Å². The van der Waals surface area contributed by atoms with Crippen LogP contribution in [0.1, 0.15) is 57.6 Å². The maximum atomic E-state index is 12.7. The van der Waals surface area contributed by atoms with Crippen LogP contribution in [0.5, 0.6) is 0 Å². The van der Waals surface area contributed by atoms with Crippen LogP contribution in [0.15, 0.2) is 30.3 Å². The van der Waals surface area contributed by atoms with Crippen molar-refractivity contribution >= 4 is 22.5 Å². The molecule has 1 fully saturated rings. The van der Waals surface area contributed by atoms with Crippen molar-refractivity contribution in [3.8, 4) is 0 Å². The zero-order valence-corrected chi connectivity index (χ0v) is 14.8. The number of para-hydroxylation sites is 1. The van der Waals surface area contributed by atoms with Crippen molar-refractivity contribution in [3.05, 3.63) is 36.0 Å². The number of aromatic nitrogens is 1. The van der Waals surface area contributed by atoms with E-state index >= 15 is 0 Å². The number of anilines is 1. The molecule has 1 aliphatic rings. The Balaban J connectivity index is 1.65. The molecule has 128 valence electrons. The molecule has 1 amide bonds. The van der Waals surface area contributed by atoms with Crippen LogP contribution in [0.2, 0.25) is 0 Å². The van der Waals surface area contributed by atoms with Crippen molar-refractivity contribution in [2.75, 3.05) is 5.32 Å². The number of carbonyl (C=O) groups is 1. The Hall–Kier alpha value is -1.90. The van der Waals surface area contributed by atoms with Gasteiger partial charge in [0.15, 0.2) is 0 Å². The van der Waals surface area contributed by atoms with Crippen LogP contribution < -0.4 is 5.32 Å². The maximum absolute atomic E-state index is 12.7. The summed E-state index contributed by atoms with van der Waals surface area (Å²) < 4.78 is 0. The van der Waals surface area contributed by atoms with E-state index in [1.54, 1.807) is 0 Å². The van der Waals surface area contributed by atoms with Crippen LogP contribution in [0.4, 0.5) is 5.69 Å². The highest BCUT2D eigenvalue weighted by Crippen LogP contribution is 2.33. The van der Waals surface area contributed by atoms with E-state index in [0.29, 0.717) is 0 Å². The minimum atomic E-state index is 0.156. The summed E-state index contributed by atoms with van der Waals surface area (Å²) in [6.07, 6.45) is 8.37. The Bertz CT molecular complexity index is 702. The molecule has 1 heterocycles. The number of benzene rings is 1. The number of amides is 1. The van der Waals surface area contributed by atoms with Gasteiger partial charge in [0, 0.05) is 17.0 Å². The van der Waals surface area contributed by atoms with Gasteiger partial charge in [-0.25, -0.2) is 0 Å². The zero-order chi connectivity index (χ0) is 16.9. The molecule has 3 rings (SSSR count). The molecular formula is C21H28N2O. The molecule has 0 spiro atoms. The minimum absolute atomic E-state index is 0.156. The molecule has 0 saturated heterocycles. The Morgan fingerprint density at radius 1 is 1.17 bits per heavy atom. The number of fused-ring (bicyclic) bond motifs is 1. The van der Waals surface area contributed by atoms with Gasteiger partial charge in [0.2, 0.25) is 5.91 Å². The summed E-state index contributed by atoms with van der Waals surface area (Å²) in [5.74, 6) is 1.15. The first kappa shape index (κ1) is 16.9. The summed E-state index contributed by atoms with van der Waals surface area (Å²) in [5, 5.41) is 4.21. The highest BCUT2D eigenvalue weighted by Gasteiger charge is 2.26. The third-order valence-corrected chi connectivity index (χ3v) is 5.30. The second kappa shape index (κ2) is 7.78. The van der Waals surface area contributed by atoms with Crippen molar-refractivity contribution < 1.29 is 4.79 Å². The first-order chi connectivity index (χ1) is 11.7. The Labute approximate surface area is 144 Å². The Kier molecular flexibility index (Phi) is 5.49. The standard InChI is InChI=1S/C21H28N2O/c1-3-4-6-16-10-13-18(14-11-16)21(24)23-19-8-5-7-17-12-9-15(2)22-20(17)19/h5,7-9,12,16,18H,3-4,6,10-11,13-14H2,1-2H3,(H,23,24). The molecule has 1 aromatic heterocycles. The van der Waals surface area contributed by atoms with E-state index in [1.165, 1.54) is 32.1 Å². The molecule has 1 saturated carbocycles. The second-order valence-electron chi connectivity index (χ2n) is 7.18. The number of nitrogens with zero attached hydrogens (tertiary/aromatic N) is 1. The lowest BCUT2D eigenvalue weighted by Crippen LogP contribution is -2.27. The molecule has 0 bridgehead atoms. The summed E-state index contributed by atoms with van der Waals surface area (Å²) in [7, 11) is 0. The van der Waals surface area contributed by atoms with E-state index in [-0.39, 0.29) is 11.8 Å². The number of rotatable bonds is 5. The van der Waals surface area contributed by atoms with Gasteiger partial charge in [-0.05, 0) is 50.7 Å².